The molecule has 148 valence electrons. The number of hydrogen-bond acceptors (Lipinski definition) is 5. The number of hydrogen-bond donors (Lipinski definition) is 0. The number of carbonyl (C=O) groups excluding carboxylic acids is 1. The molecule has 3 rings (SSSR count). The third kappa shape index (κ3) is 5.09. The standard InChI is InChI=1S/C21H17FN2O4S/c1-29(26,27)20-10-9-19(28-20)21(25)24(14-17-3-2-4-18(22)11-17)13-16-7-5-15(12-23)6-8-16/h2-11H,13-14H2,1H3. The van der Waals surface area contributed by atoms with E-state index in [4.69, 9.17) is 9.68 Å². The van der Waals surface area contributed by atoms with E-state index in [0.717, 1.165) is 11.8 Å². The van der Waals surface area contributed by atoms with Crippen molar-refractivity contribution in [3.63, 3.8) is 0 Å². The van der Waals surface area contributed by atoms with Gasteiger partial charge in [-0.3, -0.25) is 4.79 Å². The molecule has 0 aliphatic heterocycles. The molecule has 29 heavy (non-hydrogen) atoms. The van der Waals surface area contributed by atoms with E-state index in [1.807, 2.05) is 6.07 Å². The Bertz CT molecular complexity index is 1180. The van der Waals surface area contributed by atoms with Crippen LogP contribution in [0.5, 0.6) is 0 Å². The lowest BCUT2D eigenvalue weighted by atomic mass is 10.1. The zero-order valence-electron chi connectivity index (χ0n) is 15.5. The van der Waals surface area contributed by atoms with Crippen molar-refractivity contribution in [2.75, 3.05) is 6.26 Å². The summed E-state index contributed by atoms with van der Waals surface area (Å²) in [5, 5.41) is 8.62. The Hall–Kier alpha value is -3.44. The molecule has 1 aromatic heterocycles. The van der Waals surface area contributed by atoms with Gasteiger partial charge in [-0.05, 0) is 47.5 Å². The molecule has 6 nitrogen and oxygen atoms in total. The van der Waals surface area contributed by atoms with Crippen molar-refractivity contribution in [3.05, 3.63) is 88.9 Å². The van der Waals surface area contributed by atoms with E-state index >= 15 is 0 Å². The molecule has 0 fully saturated rings. The molecule has 0 aliphatic rings. The number of carbonyl (C=O) groups is 1. The maximum atomic E-state index is 13.6. The van der Waals surface area contributed by atoms with Gasteiger partial charge in [-0.15, -0.1) is 0 Å². The van der Waals surface area contributed by atoms with Crippen LogP contribution in [0.4, 0.5) is 4.39 Å². The quantitative estimate of drug-likeness (QED) is 0.618. The Balaban J connectivity index is 1.91. The van der Waals surface area contributed by atoms with E-state index in [-0.39, 0.29) is 23.9 Å². The van der Waals surface area contributed by atoms with Crippen LogP contribution in [0, 0.1) is 17.1 Å². The molecule has 2 aromatic carbocycles. The maximum absolute atomic E-state index is 13.6. The van der Waals surface area contributed by atoms with Gasteiger partial charge in [-0.25, -0.2) is 12.8 Å². The summed E-state index contributed by atoms with van der Waals surface area (Å²) in [6.07, 6.45) is 0.987. The lowest BCUT2D eigenvalue weighted by Gasteiger charge is -2.22. The highest BCUT2D eigenvalue weighted by Crippen LogP contribution is 2.19. The lowest BCUT2D eigenvalue weighted by Crippen LogP contribution is -2.30. The predicted octanol–water partition coefficient (Wildman–Crippen LogP) is 3.54. The molecule has 0 spiro atoms. The molecule has 0 aliphatic carbocycles. The Labute approximate surface area is 167 Å². The van der Waals surface area contributed by atoms with E-state index < -0.39 is 21.6 Å². The fourth-order valence-electron chi connectivity index (χ4n) is 2.75. The Morgan fingerprint density at radius 2 is 1.76 bits per heavy atom. The summed E-state index contributed by atoms with van der Waals surface area (Å²) < 4.78 is 42.1. The van der Waals surface area contributed by atoms with Crippen molar-refractivity contribution in [1.29, 1.82) is 5.26 Å². The van der Waals surface area contributed by atoms with E-state index in [2.05, 4.69) is 0 Å². The summed E-state index contributed by atoms with van der Waals surface area (Å²) >= 11 is 0. The monoisotopic (exact) mass is 412 g/mol. The number of halogens is 1. The number of rotatable bonds is 6. The fourth-order valence-corrected chi connectivity index (χ4v) is 3.31. The molecule has 0 bridgehead atoms. The number of sulfone groups is 1. The van der Waals surface area contributed by atoms with Gasteiger partial charge in [-0.1, -0.05) is 24.3 Å². The minimum Gasteiger partial charge on any atom is -0.440 e. The number of nitriles is 1. The summed E-state index contributed by atoms with van der Waals surface area (Å²) in [5.74, 6) is -1.09. The molecule has 0 saturated carbocycles. The fraction of sp³-hybridized carbons (Fsp3) is 0.143. The number of benzene rings is 2. The highest BCUT2D eigenvalue weighted by molar-refractivity contribution is 7.90. The number of furan rings is 1. The van der Waals surface area contributed by atoms with Gasteiger partial charge in [0, 0.05) is 19.3 Å². The van der Waals surface area contributed by atoms with Gasteiger partial charge in [-0.2, -0.15) is 5.26 Å². The Morgan fingerprint density at radius 1 is 1.07 bits per heavy atom. The zero-order valence-corrected chi connectivity index (χ0v) is 16.3. The third-order valence-electron chi connectivity index (χ3n) is 4.16. The van der Waals surface area contributed by atoms with Gasteiger partial charge in [0.2, 0.25) is 14.9 Å². The molecule has 0 radical (unpaired) electrons. The van der Waals surface area contributed by atoms with E-state index in [0.29, 0.717) is 11.1 Å². The highest BCUT2D eigenvalue weighted by Gasteiger charge is 2.22. The molecule has 0 atom stereocenters. The largest absolute Gasteiger partial charge is 0.440 e. The third-order valence-corrected chi connectivity index (χ3v) is 5.11. The molecule has 1 amide bonds. The van der Waals surface area contributed by atoms with Gasteiger partial charge in [0.1, 0.15) is 5.82 Å². The van der Waals surface area contributed by atoms with Crippen LogP contribution in [0.1, 0.15) is 27.2 Å². The van der Waals surface area contributed by atoms with Crippen molar-refractivity contribution in [2.45, 2.75) is 18.2 Å². The second kappa shape index (κ2) is 8.29. The zero-order chi connectivity index (χ0) is 21.0. The van der Waals surface area contributed by atoms with Crippen LogP contribution in [0.3, 0.4) is 0 Å². The first-order chi connectivity index (χ1) is 13.8. The van der Waals surface area contributed by atoms with Crippen LogP contribution in [0.2, 0.25) is 0 Å². The van der Waals surface area contributed by atoms with Crippen molar-refractivity contribution in [2.24, 2.45) is 0 Å². The smallest absolute Gasteiger partial charge is 0.290 e. The summed E-state index contributed by atoms with van der Waals surface area (Å²) in [7, 11) is -3.59. The topological polar surface area (TPSA) is 91.4 Å². The summed E-state index contributed by atoms with van der Waals surface area (Å²) in [6, 6.07) is 17.1. The second-order valence-electron chi connectivity index (χ2n) is 6.49. The van der Waals surface area contributed by atoms with Gasteiger partial charge < -0.3 is 9.32 Å². The summed E-state index contributed by atoms with van der Waals surface area (Å²) in [5.41, 5.74) is 1.81. The lowest BCUT2D eigenvalue weighted by molar-refractivity contribution is 0.0691. The van der Waals surface area contributed by atoms with Crippen molar-refractivity contribution >= 4 is 15.7 Å². The molecule has 1 heterocycles. The van der Waals surface area contributed by atoms with Crippen LogP contribution in [0.15, 0.2) is 70.2 Å². The van der Waals surface area contributed by atoms with Crippen LogP contribution in [0.25, 0.3) is 0 Å². The average Bonchev–Trinajstić information content (AvgIpc) is 3.18. The van der Waals surface area contributed by atoms with Crippen molar-refractivity contribution in [1.82, 2.24) is 4.90 Å². The second-order valence-corrected chi connectivity index (χ2v) is 8.44. The summed E-state index contributed by atoms with van der Waals surface area (Å²) in [6.45, 7) is 0.251. The molecule has 0 N–H and O–H groups in total. The van der Waals surface area contributed by atoms with Gasteiger partial charge >= 0.3 is 0 Å². The normalized spacial score (nSPS) is 11.1. The summed E-state index contributed by atoms with van der Waals surface area (Å²) in [4.78, 5) is 14.4. The van der Waals surface area contributed by atoms with Gasteiger partial charge in [0.25, 0.3) is 5.91 Å². The molecule has 8 heteroatoms. The number of amides is 1. The Morgan fingerprint density at radius 3 is 2.34 bits per heavy atom. The SMILES string of the molecule is CS(=O)(=O)c1ccc(C(=O)N(Cc2ccc(C#N)cc2)Cc2cccc(F)c2)o1. The molecular formula is C21H17FN2O4S. The maximum Gasteiger partial charge on any atom is 0.290 e. The molecular weight excluding hydrogens is 395 g/mol. The van der Waals surface area contributed by atoms with Crippen molar-refractivity contribution in [3.8, 4) is 6.07 Å². The van der Waals surface area contributed by atoms with Crippen molar-refractivity contribution < 1.29 is 22.0 Å². The molecule has 0 unspecified atom stereocenters. The number of nitrogens with zero attached hydrogens (tertiary/aromatic N) is 2. The first-order valence-corrected chi connectivity index (χ1v) is 10.5. The molecule has 3 aromatic rings. The highest BCUT2D eigenvalue weighted by atomic mass is 32.2. The van der Waals surface area contributed by atoms with Gasteiger partial charge in [0.15, 0.2) is 5.76 Å². The van der Waals surface area contributed by atoms with Gasteiger partial charge in [0.05, 0.1) is 11.6 Å². The first-order valence-electron chi connectivity index (χ1n) is 8.59. The van der Waals surface area contributed by atoms with E-state index in [1.165, 1.54) is 29.2 Å². The molecule has 0 saturated heterocycles. The van der Waals surface area contributed by atoms with E-state index in [1.54, 1.807) is 36.4 Å². The van der Waals surface area contributed by atoms with Crippen LogP contribution < -0.4 is 0 Å². The van der Waals surface area contributed by atoms with Crippen LogP contribution in [-0.2, 0) is 22.9 Å². The Kier molecular flexibility index (Phi) is 5.80. The predicted molar refractivity (Wildman–Crippen MR) is 103 cm³/mol. The van der Waals surface area contributed by atoms with Crippen LogP contribution >= 0.6 is 0 Å². The first kappa shape index (κ1) is 20.3. The minimum absolute atomic E-state index is 0.0888. The van der Waals surface area contributed by atoms with Crippen LogP contribution in [-0.4, -0.2) is 25.5 Å². The minimum atomic E-state index is -3.59. The average molecular weight is 412 g/mol. The van der Waals surface area contributed by atoms with E-state index in [9.17, 15) is 17.6 Å².